The number of anilines is 1. The van der Waals surface area contributed by atoms with E-state index in [1.54, 1.807) is 0 Å². The van der Waals surface area contributed by atoms with Crippen LogP contribution in [0, 0.1) is 13.8 Å². The zero-order valence-electron chi connectivity index (χ0n) is 14.3. The molecule has 0 atom stereocenters. The third-order valence-corrected chi connectivity index (χ3v) is 3.86. The molecule has 0 aliphatic rings. The minimum atomic E-state index is 0.0708. The van der Waals surface area contributed by atoms with E-state index in [1.165, 1.54) is 16.7 Å². The van der Waals surface area contributed by atoms with E-state index in [4.69, 9.17) is 0 Å². The fourth-order valence-corrected chi connectivity index (χ4v) is 2.72. The van der Waals surface area contributed by atoms with Crippen molar-refractivity contribution in [1.29, 1.82) is 0 Å². The molecule has 0 saturated heterocycles. The molecular formula is C20H26N2O. The first-order valence-corrected chi connectivity index (χ1v) is 8.21. The Morgan fingerprint density at radius 3 is 2.30 bits per heavy atom. The van der Waals surface area contributed by atoms with Gasteiger partial charge in [-0.1, -0.05) is 43.3 Å². The van der Waals surface area contributed by atoms with Gasteiger partial charge in [-0.25, -0.2) is 0 Å². The number of nitrogens with zero attached hydrogens (tertiary/aromatic N) is 1. The van der Waals surface area contributed by atoms with E-state index in [1.807, 2.05) is 32.0 Å². The van der Waals surface area contributed by atoms with Crippen LogP contribution in [-0.4, -0.2) is 23.9 Å². The van der Waals surface area contributed by atoms with Gasteiger partial charge in [0, 0.05) is 25.2 Å². The van der Waals surface area contributed by atoms with E-state index < -0.39 is 0 Å². The molecule has 0 aliphatic heterocycles. The van der Waals surface area contributed by atoms with Crippen LogP contribution < -0.4 is 5.32 Å². The Bertz CT molecular complexity index is 617. The van der Waals surface area contributed by atoms with Crippen LogP contribution in [0.3, 0.4) is 0 Å². The van der Waals surface area contributed by atoms with E-state index in [-0.39, 0.29) is 5.91 Å². The molecule has 1 N–H and O–H groups in total. The standard InChI is InChI=1S/C20H26N2O/c1-4-22(15-18-8-6-5-7-9-18)11-10-20(23)21-19-13-16(2)12-17(3)14-19/h5-9,12-14H,4,10-11,15H2,1-3H3,(H,21,23). The van der Waals surface area contributed by atoms with Crippen molar-refractivity contribution < 1.29 is 4.79 Å². The number of amides is 1. The van der Waals surface area contributed by atoms with Crippen molar-refractivity contribution in [2.45, 2.75) is 33.7 Å². The fraction of sp³-hybridized carbons (Fsp3) is 0.350. The number of rotatable bonds is 7. The van der Waals surface area contributed by atoms with Crippen LogP contribution in [0.1, 0.15) is 30.0 Å². The quantitative estimate of drug-likeness (QED) is 0.833. The number of hydrogen-bond donors (Lipinski definition) is 1. The largest absolute Gasteiger partial charge is 0.326 e. The van der Waals surface area contributed by atoms with Gasteiger partial charge < -0.3 is 5.32 Å². The van der Waals surface area contributed by atoms with Crippen molar-refractivity contribution in [3.63, 3.8) is 0 Å². The number of aryl methyl sites for hydroxylation is 2. The minimum Gasteiger partial charge on any atom is -0.326 e. The maximum absolute atomic E-state index is 12.2. The lowest BCUT2D eigenvalue weighted by molar-refractivity contribution is -0.116. The van der Waals surface area contributed by atoms with Gasteiger partial charge in [0.05, 0.1) is 0 Å². The second-order valence-electron chi connectivity index (χ2n) is 6.03. The zero-order chi connectivity index (χ0) is 16.7. The summed E-state index contributed by atoms with van der Waals surface area (Å²) >= 11 is 0. The predicted octanol–water partition coefficient (Wildman–Crippen LogP) is 4.15. The van der Waals surface area contributed by atoms with Gasteiger partial charge in [-0.3, -0.25) is 9.69 Å². The minimum absolute atomic E-state index is 0.0708. The molecular weight excluding hydrogens is 284 g/mol. The second-order valence-corrected chi connectivity index (χ2v) is 6.03. The molecule has 2 aromatic rings. The van der Waals surface area contributed by atoms with Crippen molar-refractivity contribution in [2.24, 2.45) is 0 Å². The Morgan fingerprint density at radius 1 is 1.04 bits per heavy atom. The first-order valence-electron chi connectivity index (χ1n) is 8.21. The van der Waals surface area contributed by atoms with Crippen LogP contribution in [0.5, 0.6) is 0 Å². The molecule has 1 amide bonds. The van der Waals surface area contributed by atoms with E-state index >= 15 is 0 Å². The molecule has 0 radical (unpaired) electrons. The van der Waals surface area contributed by atoms with Crippen LogP contribution in [0.25, 0.3) is 0 Å². The van der Waals surface area contributed by atoms with Crippen LogP contribution in [0.15, 0.2) is 48.5 Å². The van der Waals surface area contributed by atoms with Gasteiger partial charge in [-0.2, -0.15) is 0 Å². The van der Waals surface area contributed by atoms with Crippen LogP contribution in [0.2, 0.25) is 0 Å². The molecule has 23 heavy (non-hydrogen) atoms. The summed E-state index contributed by atoms with van der Waals surface area (Å²) in [7, 11) is 0. The maximum atomic E-state index is 12.2. The summed E-state index contributed by atoms with van der Waals surface area (Å²) in [5, 5.41) is 3.00. The van der Waals surface area contributed by atoms with E-state index in [0.717, 1.165) is 25.3 Å². The van der Waals surface area contributed by atoms with Gasteiger partial charge >= 0.3 is 0 Å². The van der Waals surface area contributed by atoms with Gasteiger partial charge in [0.2, 0.25) is 5.91 Å². The molecule has 3 nitrogen and oxygen atoms in total. The summed E-state index contributed by atoms with van der Waals surface area (Å²) in [6.07, 6.45) is 0.508. The Labute approximate surface area is 139 Å². The molecule has 0 heterocycles. The molecule has 0 aliphatic carbocycles. The SMILES string of the molecule is CCN(CCC(=O)Nc1cc(C)cc(C)c1)Cc1ccccc1. The molecule has 2 rings (SSSR count). The van der Waals surface area contributed by atoms with E-state index in [2.05, 4.69) is 47.5 Å². The van der Waals surface area contributed by atoms with Gasteiger partial charge in [0.15, 0.2) is 0 Å². The summed E-state index contributed by atoms with van der Waals surface area (Å²) in [5.41, 5.74) is 4.50. The Kier molecular flexibility index (Phi) is 6.36. The predicted molar refractivity (Wildman–Crippen MR) is 96.6 cm³/mol. The highest BCUT2D eigenvalue weighted by atomic mass is 16.1. The number of hydrogen-bond acceptors (Lipinski definition) is 2. The van der Waals surface area contributed by atoms with E-state index in [0.29, 0.717) is 6.42 Å². The summed E-state index contributed by atoms with van der Waals surface area (Å²) in [6, 6.07) is 16.5. The maximum Gasteiger partial charge on any atom is 0.225 e. The monoisotopic (exact) mass is 310 g/mol. The first kappa shape index (κ1) is 17.2. The summed E-state index contributed by atoms with van der Waals surface area (Å²) in [4.78, 5) is 14.5. The number of carbonyl (C=O) groups excluding carboxylic acids is 1. The van der Waals surface area contributed by atoms with E-state index in [9.17, 15) is 4.79 Å². The molecule has 122 valence electrons. The summed E-state index contributed by atoms with van der Waals surface area (Å²) < 4.78 is 0. The van der Waals surface area contributed by atoms with Crippen molar-refractivity contribution in [3.05, 3.63) is 65.2 Å². The fourth-order valence-electron chi connectivity index (χ4n) is 2.72. The third-order valence-electron chi connectivity index (χ3n) is 3.86. The summed E-state index contributed by atoms with van der Waals surface area (Å²) in [6.45, 7) is 8.80. The smallest absolute Gasteiger partial charge is 0.225 e. The molecule has 0 saturated carbocycles. The Hall–Kier alpha value is -2.13. The van der Waals surface area contributed by atoms with Gasteiger partial charge in [0.1, 0.15) is 0 Å². The Morgan fingerprint density at radius 2 is 1.70 bits per heavy atom. The third kappa shape index (κ3) is 5.87. The zero-order valence-corrected chi connectivity index (χ0v) is 14.3. The molecule has 0 fully saturated rings. The molecule has 3 heteroatoms. The highest BCUT2D eigenvalue weighted by Gasteiger charge is 2.08. The van der Waals surface area contributed by atoms with Crippen molar-refractivity contribution in [2.75, 3.05) is 18.4 Å². The van der Waals surface area contributed by atoms with Gasteiger partial charge in [-0.15, -0.1) is 0 Å². The lowest BCUT2D eigenvalue weighted by Crippen LogP contribution is -2.27. The van der Waals surface area contributed by atoms with Crippen molar-refractivity contribution >= 4 is 11.6 Å². The van der Waals surface area contributed by atoms with Crippen LogP contribution in [0.4, 0.5) is 5.69 Å². The molecule has 0 unspecified atom stereocenters. The normalized spacial score (nSPS) is 10.8. The van der Waals surface area contributed by atoms with Crippen LogP contribution >= 0.6 is 0 Å². The summed E-state index contributed by atoms with van der Waals surface area (Å²) in [5.74, 6) is 0.0708. The number of benzene rings is 2. The number of carbonyl (C=O) groups is 1. The van der Waals surface area contributed by atoms with Gasteiger partial charge in [0.25, 0.3) is 0 Å². The van der Waals surface area contributed by atoms with Crippen molar-refractivity contribution in [3.8, 4) is 0 Å². The average Bonchev–Trinajstić information content (AvgIpc) is 2.51. The Balaban J connectivity index is 1.84. The molecule has 2 aromatic carbocycles. The lowest BCUT2D eigenvalue weighted by Gasteiger charge is -2.20. The average molecular weight is 310 g/mol. The highest BCUT2D eigenvalue weighted by molar-refractivity contribution is 5.91. The highest BCUT2D eigenvalue weighted by Crippen LogP contribution is 2.14. The van der Waals surface area contributed by atoms with Crippen LogP contribution in [-0.2, 0) is 11.3 Å². The second kappa shape index (κ2) is 8.49. The molecule has 0 bridgehead atoms. The lowest BCUT2D eigenvalue weighted by atomic mass is 10.1. The topological polar surface area (TPSA) is 32.3 Å². The number of nitrogens with one attached hydrogen (secondary N) is 1. The van der Waals surface area contributed by atoms with Crippen molar-refractivity contribution in [1.82, 2.24) is 4.90 Å². The molecule has 0 aromatic heterocycles. The molecule has 0 spiro atoms. The first-order chi connectivity index (χ1) is 11.1. The van der Waals surface area contributed by atoms with Gasteiger partial charge in [-0.05, 0) is 49.2 Å².